The molecular formula is C19H20ClNO3. The molecule has 1 N–H and O–H groups in total. The lowest BCUT2D eigenvalue weighted by Gasteiger charge is -2.19. The van der Waals surface area contributed by atoms with Crippen molar-refractivity contribution in [3.05, 3.63) is 64.3 Å². The van der Waals surface area contributed by atoms with E-state index in [-0.39, 0.29) is 11.3 Å². The maximum Gasteiger partial charge on any atom is 0.329 e. The molecular weight excluding hydrogens is 326 g/mol. The number of rotatable bonds is 4. The number of aromatic nitrogens is 1. The Morgan fingerprint density at radius 1 is 1.17 bits per heavy atom. The van der Waals surface area contributed by atoms with Crippen LogP contribution in [0.3, 0.4) is 0 Å². The summed E-state index contributed by atoms with van der Waals surface area (Å²) < 4.78 is 5.12. The highest BCUT2D eigenvalue weighted by Crippen LogP contribution is 2.29. The topological polar surface area (TPSA) is 59.4 Å². The van der Waals surface area contributed by atoms with E-state index in [2.05, 4.69) is 25.8 Å². The number of benzene rings is 1. The predicted octanol–water partition coefficient (Wildman–Crippen LogP) is 4.56. The van der Waals surface area contributed by atoms with Crippen molar-refractivity contribution in [3.8, 4) is 5.88 Å². The third-order valence-corrected chi connectivity index (χ3v) is 3.90. The number of halogens is 1. The average molecular weight is 346 g/mol. The monoisotopic (exact) mass is 345 g/mol. The molecule has 0 spiro atoms. The first-order valence-electron chi connectivity index (χ1n) is 7.49. The van der Waals surface area contributed by atoms with Gasteiger partial charge < -0.3 is 9.84 Å². The molecule has 0 fully saturated rings. The molecule has 24 heavy (non-hydrogen) atoms. The number of hydrogen-bond acceptors (Lipinski definition) is 3. The summed E-state index contributed by atoms with van der Waals surface area (Å²) in [5, 5.41) is 9.58. The molecule has 0 aliphatic rings. The van der Waals surface area contributed by atoms with Crippen LogP contribution in [-0.2, 0) is 10.2 Å². The summed E-state index contributed by atoms with van der Waals surface area (Å²) >= 11 is 6.00. The Labute approximate surface area is 146 Å². The number of pyridine rings is 1. The molecule has 126 valence electrons. The van der Waals surface area contributed by atoms with E-state index in [4.69, 9.17) is 16.3 Å². The first-order chi connectivity index (χ1) is 11.2. The Balaban J connectivity index is 2.53. The molecule has 1 aromatic heterocycles. The van der Waals surface area contributed by atoms with Crippen molar-refractivity contribution < 1.29 is 14.6 Å². The van der Waals surface area contributed by atoms with Gasteiger partial charge in [-0.3, -0.25) is 0 Å². The summed E-state index contributed by atoms with van der Waals surface area (Å²) in [6.45, 7) is 6.38. The number of methoxy groups -OCH3 is 1. The molecule has 0 saturated heterocycles. The van der Waals surface area contributed by atoms with Crippen LogP contribution in [0.15, 0.2) is 42.5 Å². The summed E-state index contributed by atoms with van der Waals surface area (Å²) in [7, 11) is 1.47. The van der Waals surface area contributed by atoms with Crippen molar-refractivity contribution >= 4 is 23.1 Å². The standard InChI is InChI=1S/C19H20ClNO3/c1-19(2,3)13-7-5-12(6-8-13)14(11-17(22)23)16-10-9-15(20)18(21-16)24-4/h5-11H,1-4H3,(H,22,23)/b14-11+. The predicted molar refractivity (Wildman–Crippen MR) is 95.7 cm³/mol. The van der Waals surface area contributed by atoms with Gasteiger partial charge in [-0.1, -0.05) is 56.6 Å². The van der Waals surface area contributed by atoms with E-state index in [1.165, 1.54) is 12.7 Å². The number of nitrogens with zero attached hydrogens (tertiary/aromatic N) is 1. The van der Waals surface area contributed by atoms with Crippen LogP contribution >= 0.6 is 11.6 Å². The Hall–Kier alpha value is -2.33. The quantitative estimate of drug-likeness (QED) is 0.825. The molecule has 0 radical (unpaired) electrons. The molecule has 2 aromatic rings. The average Bonchev–Trinajstić information content (AvgIpc) is 2.52. The van der Waals surface area contributed by atoms with Crippen LogP contribution in [0.1, 0.15) is 37.6 Å². The first-order valence-corrected chi connectivity index (χ1v) is 7.86. The third kappa shape index (κ3) is 4.15. The minimum atomic E-state index is -1.04. The lowest BCUT2D eigenvalue weighted by molar-refractivity contribution is -0.131. The molecule has 0 aliphatic carbocycles. The fourth-order valence-electron chi connectivity index (χ4n) is 2.30. The van der Waals surface area contributed by atoms with Crippen LogP contribution in [0.2, 0.25) is 5.02 Å². The number of carboxylic acid groups (broad SMARTS) is 1. The molecule has 5 heteroatoms. The normalized spacial score (nSPS) is 12.1. The van der Waals surface area contributed by atoms with E-state index in [0.717, 1.165) is 11.6 Å². The van der Waals surface area contributed by atoms with E-state index in [9.17, 15) is 9.90 Å². The summed E-state index contributed by atoms with van der Waals surface area (Å²) in [5.41, 5.74) is 2.95. The molecule has 0 atom stereocenters. The Bertz CT molecular complexity index is 774. The zero-order valence-corrected chi connectivity index (χ0v) is 14.9. The highest BCUT2D eigenvalue weighted by molar-refractivity contribution is 6.31. The second kappa shape index (κ2) is 7.05. The minimum Gasteiger partial charge on any atom is -0.480 e. The summed E-state index contributed by atoms with van der Waals surface area (Å²) in [6, 6.07) is 11.1. The molecule has 0 saturated carbocycles. The Morgan fingerprint density at radius 2 is 1.79 bits per heavy atom. The first kappa shape index (κ1) is 18.0. The van der Waals surface area contributed by atoms with Gasteiger partial charge in [0.05, 0.1) is 12.8 Å². The van der Waals surface area contributed by atoms with Gasteiger partial charge in [0.2, 0.25) is 5.88 Å². The van der Waals surface area contributed by atoms with Crippen LogP contribution in [0.4, 0.5) is 0 Å². The van der Waals surface area contributed by atoms with Gasteiger partial charge in [-0.2, -0.15) is 0 Å². The number of aliphatic carboxylic acids is 1. The zero-order chi connectivity index (χ0) is 17.9. The third-order valence-electron chi connectivity index (χ3n) is 3.61. The molecule has 2 rings (SSSR count). The van der Waals surface area contributed by atoms with E-state index < -0.39 is 5.97 Å². The lowest BCUT2D eigenvalue weighted by atomic mass is 9.86. The van der Waals surface area contributed by atoms with Gasteiger partial charge in [0.15, 0.2) is 0 Å². The highest BCUT2D eigenvalue weighted by Gasteiger charge is 2.16. The fourth-order valence-corrected chi connectivity index (χ4v) is 2.48. The number of hydrogen-bond donors (Lipinski definition) is 1. The molecule has 1 aromatic carbocycles. The van der Waals surface area contributed by atoms with E-state index in [1.807, 2.05) is 24.3 Å². The molecule has 0 aliphatic heterocycles. The largest absolute Gasteiger partial charge is 0.480 e. The second-order valence-electron chi connectivity index (χ2n) is 6.41. The Kier molecular flexibility index (Phi) is 5.30. The van der Waals surface area contributed by atoms with Crippen molar-refractivity contribution in [2.45, 2.75) is 26.2 Å². The van der Waals surface area contributed by atoms with Gasteiger partial charge in [-0.15, -0.1) is 0 Å². The van der Waals surface area contributed by atoms with Crippen LogP contribution in [-0.4, -0.2) is 23.2 Å². The SMILES string of the molecule is COc1nc(/C(=C/C(=O)O)c2ccc(C(C)(C)C)cc2)ccc1Cl. The van der Waals surface area contributed by atoms with Crippen molar-refractivity contribution in [2.24, 2.45) is 0 Å². The van der Waals surface area contributed by atoms with Gasteiger partial charge in [0.1, 0.15) is 5.02 Å². The molecule has 0 amide bonds. The Morgan fingerprint density at radius 3 is 2.29 bits per heavy atom. The summed E-state index contributed by atoms with van der Waals surface area (Å²) in [6.07, 6.45) is 1.14. The van der Waals surface area contributed by atoms with Gasteiger partial charge in [-0.25, -0.2) is 9.78 Å². The van der Waals surface area contributed by atoms with Crippen LogP contribution in [0.5, 0.6) is 5.88 Å². The van der Waals surface area contributed by atoms with E-state index in [0.29, 0.717) is 16.3 Å². The molecule has 0 unspecified atom stereocenters. The van der Waals surface area contributed by atoms with Crippen molar-refractivity contribution in [1.29, 1.82) is 0 Å². The lowest BCUT2D eigenvalue weighted by Crippen LogP contribution is -2.10. The van der Waals surface area contributed by atoms with E-state index in [1.54, 1.807) is 12.1 Å². The van der Waals surface area contributed by atoms with Crippen molar-refractivity contribution in [1.82, 2.24) is 4.98 Å². The smallest absolute Gasteiger partial charge is 0.329 e. The van der Waals surface area contributed by atoms with Gasteiger partial charge in [0.25, 0.3) is 0 Å². The van der Waals surface area contributed by atoms with Crippen molar-refractivity contribution in [3.63, 3.8) is 0 Å². The van der Waals surface area contributed by atoms with E-state index >= 15 is 0 Å². The summed E-state index contributed by atoms with van der Waals surface area (Å²) in [5.74, 6) is -0.780. The number of ether oxygens (including phenoxy) is 1. The molecule has 1 heterocycles. The fraction of sp³-hybridized carbons (Fsp3) is 0.263. The number of carboxylic acids is 1. The van der Waals surface area contributed by atoms with Crippen LogP contribution in [0, 0.1) is 0 Å². The number of carbonyl (C=O) groups is 1. The second-order valence-corrected chi connectivity index (χ2v) is 6.82. The maximum absolute atomic E-state index is 11.2. The molecule has 4 nitrogen and oxygen atoms in total. The van der Waals surface area contributed by atoms with Crippen LogP contribution in [0.25, 0.3) is 5.57 Å². The van der Waals surface area contributed by atoms with Gasteiger partial charge in [0, 0.05) is 11.6 Å². The maximum atomic E-state index is 11.2. The highest BCUT2D eigenvalue weighted by atomic mass is 35.5. The minimum absolute atomic E-state index is 0.0248. The van der Waals surface area contributed by atoms with Crippen molar-refractivity contribution in [2.75, 3.05) is 7.11 Å². The van der Waals surface area contributed by atoms with Crippen LogP contribution < -0.4 is 4.74 Å². The summed E-state index contributed by atoms with van der Waals surface area (Å²) in [4.78, 5) is 15.5. The zero-order valence-electron chi connectivity index (χ0n) is 14.1. The van der Waals surface area contributed by atoms with Gasteiger partial charge in [-0.05, 0) is 28.7 Å². The van der Waals surface area contributed by atoms with Gasteiger partial charge >= 0.3 is 5.97 Å². The molecule has 0 bridgehead atoms.